The number of carbonyl (C=O) groups is 2. The van der Waals surface area contributed by atoms with Crippen LogP contribution in [0.3, 0.4) is 0 Å². The van der Waals surface area contributed by atoms with Gasteiger partial charge in [-0.15, -0.1) is 0 Å². The van der Waals surface area contributed by atoms with Crippen LogP contribution in [0.5, 0.6) is 11.5 Å². The minimum atomic E-state index is -1.66. The molecule has 1 aliphatic carbocycles. The first-order chi connectivity index (χ1) is 19.1. The Hall–Kier alpha value is -4.34. The summed E-state index contributed by atoms with van der Waals surface area (Å²) >= 11 is 0. The number of aliphatic hydroxyl groups is 1. The molecule has 4 aromatic rings. The average molecular weight is 540 g/mol. The molecule has 2 N–H and O–H groups in total. The van der Waals surface area contributed by atoms with Crippen molar-refractivity contribution in [1.29, 1.82) is 0 Å². The summed E-state index contributed by atoms with van der Waals surface area (Å²) < 4.78 is 7.76. The molecular weight excluding hydrogens is 510 g/mol. The number of hydrogen-bond acceptors (Lipinski definition) is 7. The zero-order valence-corrected chi connectivity index (χ0v) is 22.5. The Labute approximate surface area is 230 Å². The zero-order chi connectivity index (χ0) is 28.3. The molecular formula is C31H29N3O6. The third kappa shape index (κ3) is 4.01. The summed E-state index contributed by atoms with van der Waals surface area (Å²) in [5, 5.41) is 21.3. The summed E-state index contributed by atoms with van der Waals surface area (Å²) in [7, 11) is 3.95. The molecule has 3 heterocycles. The van der Waals surface area contributed by atoms with E-state index in [4.69, 9.17) is 14.8 Å². The Morgan fingerprint density at radius 2 is 1.77 bits per heavy atom. The molecule has 2 aliphatic rings. The van der Waals surface area contributed by atoms with Gasteiger partial charge >= 0.3 is 5.97 Å². The Balaban J connectivity index is 1.49. The van der Waals surface area contributed by atoms with Crippen LogP contribution in [0.25, 0.3) is 22.3 Å². The number of carboxylic acid groups (broad SMARTS) is 1. The number of pyridine rings is 2. The van der Waals surface area contributed by atoms with Gasteiger partial charge in [0, 0.05) is 35.0 Å². The fourth-order valence-corrected chi connectivity index (χ4v) is 5.89. The highest BCUT2D eigenvalue weighted by molar-refractivity contribution is 5.92. The van der Waals surface area contributed by atoms with Crippen LogP contribution < -0.4 is 10.3 Å². The van der Waals surface area contributed by atoms with Crippen LogP contribution >= 0.6 is 0 Å². The van der Waals surface area contributed by atoms with Gasteiger partial charge in [0.1, 0.15) is 17.1 Å². The van der Waals surface area contributed by atoms with Crippen molar-refractivity contribution < 1.29 is 24.5 Å². The minimum Gasteiger partial charge on any atom is -0.478 e. The smallest absolute Gasteiger partial charge is 0.335 e. The second kappa shape index (κ2) is 9.39. The number of nitrogens with zero attached hydrogens (tertiary/aromatic N) is 3. The monoisotopic (exact) mass is 539 g/mol. The van der Waals surface area contributed by atoms with Crippen molar-refractivity contribution in [2.45, 2.75) is 44.9 Å². The zero-order valence-electron chi connectivity index (χ0n) is 22.5. The lowest BCUT2D eigenvalue weighted by molar-refractivity contribution is -0.140. The van der Waals surface area contributed by atoms with E-state index in [9.17, 15) is 19.5 Å². The Morgan fingerprint density at radius 3 is 2.45 bits per heavy atom. The molecule has 1 atom stereocenters. The number of benzene rings is 2. The molecule has 0 fully saturated rings. The fraction of sp³-hybridized carbons (Fsp3) is 0.290. The molecule has 0 radical (unpaired) electrons. The lowest BCUT2D eigenvalue weighted by Crippen LogP contribution is -2.43. The van der Waals surface area contributed by atoms with Crippen molar-refractivity contribution in [2.24, 2.45) is 0 Å². The van der Waals surface area contributed by atoms with Gasteiger partial charge < -0.3 is 24.4 Å². The van der Waals surface area contributed by atoms with Crippen molar-refractivity contribution in [3.8, 4) is 22.9 Å². The first kappa shape index (κ1) is 25.9. The average Bonchev–Trinajstić information content (AvgIpc) is 3.30. The number of aromatic nitrogens is 2. The van der Waals surface area contributed by atoms with Crippen molar-refractivity contribution in [2.75, 3.05) is 14.1 Å². The number of ketones is 1. The number of ether oxygens (including phenoxy) is 1. The second-order valence-corrected chi connectivity index (χ2v) is 10.7. The van der Waals surface area contributed by atoms with Gasteiger partial charge in [-0.1, -0.05) is 6.92 Å². The van der Waals surface area contributed by atoms with E-state index in [-0.39, 0.29) is 29.7 Å². The molecule has 9 nitrogen and oxygen atoms in total. The van der Waals surface area contributed by atoms with Crippen LogP contribution in [0.2, 0.25) is 0 Å². The Bertz CT molecular complexity index is 1770. The third-order valence-corrected chi connectivity index (χ3v) is 7.97. The largest absolute Gasteiger partial charge is 0.478 e. The van der Waals surface area contributed by atoms with E-state index in [0.29, 0.717) is 53.5 Å². The molecule has 0 amide bonds. The number of carbonyl (C=O) groups excluding carboxylic acids is 1. The van der Waals surface area contributed by atoms with Crippen molar-refractivity contribution >= 4 is 22.7 Å². The van der Waals surface area contributed by atoms with Crippen molar-refractivity contribution in [3.63, 3.8) is 0 Å². The highest BCUT2D eigenvalue weighted by atomic mass is 16.5. The van der Waals surface area contributed by atoms with Gasteiger partial charge in [-0.25, -0.2) is 9.78 Å². The summed E-state index contributed by atoms with van der Waals surface area (Å²) in [6, 6.07) is 13.6. The van der Waals surface area contributed by atoms with Gasteiger partial charge in [0.15, 0.2) is 5.78 Å². The maximum atomic E-state index is 13.7. The van der Waals surface area contributed by atoms with Crippen LogP contribution in [0.15, 0.2) is 53.3 Å². The van der Waals surface area contributed by atoms with E-state index >= 15 is 0 Å². The summed E-state index contributed by atoms with van der Waals surface area (Å²) in [6.07, 6.45) is 0.669. The minimum absolute atomic E-state index is 0.148. The number of carboxylic acids is 1. The predicted octanol–water partition coefficient (Wildman–Crippen LogP) is 4.09. The number of hydrogen-bond donors (Lipinski definition) is 2. The summed E-state index contributed by atoms with van der Waals surface area (Å²) in [4.78, 5) is 44.6. The highest BCUT2D eigenvalue weighted by Crippen LogP contribution is 2.41. The molecule has 1 aliphatic heterocycles. The first-order valence-electron chi connectivity index (χ1n) is 13.3. The summed E-state index contributed by atoms with van der Waals surface area (Å²) in [6.45, 7) is 2.70. The molecule has 0 bridgehead atoms. The van der Waals surface area contributed by atoms with Gasteiger partial charge in [0.25, 0.3) is 5.56 Å². The maximum Gasteiger partial charge on any atom is 0.335 e. The normalized spacial score (nSPS) is 17.6. The van der Waals surface area contributed by atoms with Crippen molar-refractivity contribution in [1.82, 2.24) is 14.5 Å². The van der Waals surface area contributed by atoms with Crippen LogP contribution in [0, 0.1) is 0 Å². The van der Waals surface area contributed by atoms with Gasteiger partial charge in [-0.05, 0) is 81.0 Å². The van der Waals surface area contributed by atoms with Crippen molar-refractivity contribution in [3.05, 3.63) is 86.7 Å². The van der Waals surface area contributed by atoms with Crippen LogP contribution in [0.1, 0.15) is 52.4 Å². The molecule has 6 rings (SSSR count). The first-order valence-corrected chi connectivity index (χ1v) is 13.3. The van der Waals surface area contributed by atoms with E-state index in [1.807, 2.05) is 26.2 Å². The summed E-state index contributed by atoms with van der Waals surface area (Å²) in [5.74, 6) is -0.172. The summed E-state index contributed by atoms with van der Waals surface area (Å²) in [5.41, 5.74) is 3.20. The Kier molecular flexibility index (Phi) is 6.08. The number of fused-ring (bicyclic) bond motifs is 5. The predicted molar refractivity (Wildman–Crippen MR) is 149 cm³/mol. The molecule has 0 spiro atoms. The second-order valence-electron chi connectivity index (χ2n) is 10.7. The van der Waals surface area contributed by atoms with Crippen LogP contribution in [-0.2, 0) is 29.9 Å². The standard InChI is InChI=1S/C31H29N3O6/c1-4-31(39)24-14-26-28-23(16-34(26)29(36)20(24)10-12-27(31)35)22(15-33(2)3)21-13-19(9-11-25(21)32-28)40-18-7-5-17(6-8-18)30(37)38/h5-9,11,13-14,39H,4,10,12,15-16H2,1-3H3,(H,37,38)/t31-/m0/s1. The third-order valence-electron chi connectivity index (χ3n) is 7.97. The maximum absolute atomic E-state index is 13.7. The lowest BCUT2D eigenvalue weighted by Gasteiger charge is -2.32. The molecule has 2 aromatic carbocycles. The van der Waals surface area contributed by atoms with Gasteiger partial charge in [-0.2, -0.15) is 0 Å². The SMILES string of the molecule is CC[C@@]1(O)C(=O)CCc2c1cc1n(c2=O)Cc2c-1nc1ccc(Oc3ccc(C(=O)O)cc3)cc1c2CN(C)C. The number of rotatable bonds is 6. The van der Waals surface area contributed by atoms with E-state index in [2.05, 4.69) is 4.90 Å². The van der Waals surface area contributed by atoms with E-state index in [1.165, 1.54) is 12.1 Å². The lowest BCUT2D eigenvalue weighted by atomic mass is 9.77. The molecule has 0 saturated carbocycles. The highest BCUT2D eigenvalue weighted by Gasteiger charge is 2.43. The molecule has 2 aromatic heterocycles. The Morgan fingerprint density at radius 1 is 1.05 bits per heavy atom. The van der Waals surface area contributed by atoms with Gasteiger partial charge in [0.05, 0.1) is 29.0 Å². The number of Topliss-reactive ketones (excluding diaryl/α,β-unsaturated/α-hetero) is 1. The van der Waals surface area contributed by atoms with E-state index < -0.39 is 11.6 Å². The molecule has 40 heavy (non-hydrogen) atoms. The fourth-order valence-electron chi connectivity index (χ4n) is 5.89. The number of aromatic carboxylic acids is 1. The molecule has 204 valence electrons. The van der Waals surface area contributed by atoms with Gasteiger partial charge in [-0.3, -0.25) is 9.59 Å². The van der Waals surface area contributed by atoms with E-state index in [1.54, 1.807) is 35.8 Å². The topological polar surface area (TPSA) is 122 Å². The van der Waals surface area contributed by atoms with Crippen LogP contribution in [0.4, 0.5) is 0 Å². The quantitative estimate of drug-likeness (QED) is 0.331. The molecule has 0 saturated heterocycles. The van der Waals surface area contributed by atoms with Gasteiger partial charge in [0.2, 0.25) is 0 Å². The van der Waals surface area contributed by atoms with E-state index in [0.717, 1.165) is 22.0 Å². The molecule has 9 heteroatoms. The van der Waals surface area contributed by atoms with Crippen LogP contribution in [-0.4, -0.2) is 50.5 Å². The molecule has 0 unspecified atom stereocenters.